The molecular formula is C23H19FN2O2. The Hall–Kier alpha value is -3.47. The molecule has 0 spiro atoms. The van der Waals surface area contributed by atoms with Crippen LogP contribution in [0.25, 0.3) is 22.6 Å². The van der Waals surface area contributed by atoms with Crippen LogP contribution in [0.15, 0.2) is 59.0 Å². The van der Waals surface area contributed by atoms with E-state index in [1.807, 2.05) is 45.0 Å². The topological polar surface area (TPSA) is 55.1 Å². The standard InChI is InChI=1S/C23H19FN2O2/c1-13-10-15(3)21-20(11-13)26-23(28-21)16-9-8-14(2)19(12-16)25-22(27)17-6-4-5-7-18(17)24/h4-12H,1-3H3,(H,25,27). The minimum atomic E-state index is -0.557. The molecule has 0 aliphatic carbocycles. The fraction of sp³-hybridized carbons (Fsp3) is 0.130. The van der Waals surface area contributed by atoms with Crippen molar-refractivity contribution in [3.05, 3.63) is 82.7 Å². The molecule has 5 heteroatoms. The van der Waals surface area contributed by atoms with E-state index in [-0.39, 0.29) is 5.56 Å². The number of aromatic nitrogens is 1. The van der Waals surface area contributed by atoms with Crippen molar-refractivity contribution >= 4 is 22.7 Å². The van der Waals surface area contributed by atoms with Crippen LogP contribution in [0.3, 0.4) is 0 Å². The highest BCUT2D eigenvalue weighted by Gasteiger charge is 2.15. The van der Waals surface area contributed by atoms with Crippen molar-refractivity contribution in [3.8, 4) is 11.5 Å². The number of hydrogen-bond donors (Lipinski definition) is 1. The van der Waals surface area contributed by atoms with Gasteiger partial charge in [0.2, 0.25) is 5.89 Å². The van der Waals surface area contributed by atoms with Crippen LogP contribution in [0.5, 0.6) is 0 Å². The van der Waals surface area contributed by atoms with E-state index in [1.54, 1.807) is 18.2 Å². The highest BCUT2D eigenvalue weighted by atomic mass is 19.1. The summed E-state index contributed by atoms with van der Waals surface area (Å²) in [7, 11) is 0. The fourth-order valence-electron chi connectivity index (χ4n) is 3.22. The van der Waals surface area contributed by atoms with Crippen LogP contribution in [-0.4, -0.2) is 10.9 Å². The summed E-state index contributed by atoms with van der Waals surface area (Å²) in [5, 5.41) is 2.78. The van der Waals surface area contributed by atoms with Gasteiger partial charge in [0.15, 0.2) is 5.58 Å². The normalized spacial score (nSPS) is 11.0. The van der Waals surface area contributed by atoms with E-state index in [9.17, 15) is 9.18 Å². The first-order valence-electron chi connectivity index (χ1n) is 8.97. The predicted molar refractivity (Wildman–Crippen MR) is 108 cm³/mol. The number of carbonyl (C=O) groups is 1. The van der Waals surface area contributed by atoms with E-state index < -0.39 is 11.7 Å². The maximum absolute atomic E-state index is 13.9. The number of anilines is 1. The van der Waals surface area contributed by atoms with Crippen molar-refractivity contribution in [2.45, 2.75) is 20.8 Å². The first kappa shape index (κ1) is 17.9. The number of nitrogens with one attached hydrogen (secondary N) is 1. The molecule has 0 radical (unpaired) electrons. The SMILES string of the molecule is Cc1cc(C)c2oc(-c3ccc(C)c(NC(=O)c4ccccc4F)c3)nc2c1. The number of aryl methyl sites for hydroxylation is 3. The highest BCUT2D eigenvalue weighted by Crippen LogP contribution is 2.30. The van der Waals surface area contributed by atoms with Gasteiger partial charge in [0, 0.05) is 11.3 Å². The Balaban J connectivity index is 1.71. The quantitative estimate of drug-likeness (QED) is 0.492. The number of benzene rings is 3. The molecule has 0 saturated heterocycles. The molecule has 1 amide bonds. The molecule has 4 aromatic rings. The van der Waals surface area contributed by atoms with E-state index in [4.69, 9.17) is 4.42 Å². The van der Waals surface area contributed by atoms with E-state index >= 15 is 0 Å². The third kappa shape index (κ3) is 3.27. The summed E-state index contributed by atoms with van der Waals surface area (Å²) < 4.78 is 19.8. The molecule has 0 saturated carbocycles. The molecule has 1 heterocycles. The zero-order valence-electron chi connectivity index (χ0n) is 15.8. The predicted octanol–water partition coefficient (Wildman–Crippen LogP) is 5.81. The molecule has 140 valence electrons. The van der Waals surface area contributed by atoms with E-state index in [0.29, 0.717) is 11.6 Å². The zero-order chi connectivity index (χ0) is 19.8. The molecule has 0 bridgehead atoms. The number of fused-ring (bicyclic) bond motifs is 1. The summed E-state index contributed by atoms with van der Waals surface area (Å²) in [5.41, 5.74) is 5.86. The van der Waals surface area contributed by atoms with Gasteiger partial charge in [-0.05, 0) is 67.8 Å². The van der Waals surface area contributed by atoms with Gasteiger partial charge in [-0.25, -0.2) is 9.37 Å². The smallest absolute Gasteiger partial charge is 0.258 e. The second-order valence-electron chi connectivity index (χ2n) is 6.91. The van der Waals surface area contributed by atoms with Crippen molar-refractivity contribution in [1.29, 1.82) is 0 Å². The van der Waals surface area contributed by atoms with Crippen molar-refractivity contribution in [2.75, 3.05) is 5.32 Å². The van der Waals surface area contributed by atoms with Crippen LogP contribution in [0.1, 0.15) is 27.0 Å². The van der Waals surface area contributed by atoms with Gasteiger partial charge < -0.3 is 9.73 Å². The lowest BCUT2D eigenvalue weighted by Crippen LogP contribution is -2.14. The number of hydrogen-bond acceptors (Lipinski definition) is 3. The lowest BCUT2D eigenvalue weighted by molar-refractivity contribution is 0.102. The van der Waals surface area contributed by atoms with Gasteiger partial charge in [-0.15, -0.1) is 0 Å². The fourth-order valence-corrected chi connectivity index (χ4v) is 3.22. The van der Waals surface area contributed by atoms with Gasteiger partial charge in [0.1, 0.15) is 11.3 Å². The minimum absolute atomic E-state index is 0.000246. The number of nitrogens with zero attached hydrogens (tertiary/aromatic N) is 1. The van der Waals surface area contributed by atoms with Crippen molar-refractivity contribution in [2.24, 2.45) is 0 Å². The number of amides is 1. The van der Waals surface area contributed by atoms with Gasteiger partial charge in [-0.1, -0.05) is 24.3 Å². The molecule has 4 rings (SSSR count). The van der Waals surface area contributed by atoms with Gasteiger partial charge in [0.25, 0.3) is 5.91 Å². The van der Waals surface area contributed by atoms with E-state index in [1.165, 1.54) is 12.1 Å². The summed E-state index contributed by atoms with van der Waals surface area (Å²) in [6.45, 7) is 5.88. The van der Waals surface area contributed by atoms with Gasteiger partial charge in [-0.2, -0.15) is 0 Å². The molecule has 28 heavy (non-hydrogen) atoms. The highest BCUT2D eigenvalue weighted by molar-refractivity contribution is 6.05. The maximum Gasteiger partial charge on any atom is 0.258 e. The summed E-state index contributed by atoms with van der Waals surface area (Å²) in [6, 6.07) is 15.5. The number of oxazole rings is 1. The van der Waals surface area contributed by atoms with E-state index in [0.717, 1.165) is 33.4 Å². The van der Waals surface area contributed by atoms with Gasteiger partial charge >= 0.3 is 0 Å². The van der Waals surface area contributed by atoms with Crippen LogP contribution >= 0.6 is 0 Å². The van der Waals surface area contributed by atoms with Crippen LogP contribution in [-0.2, 0) is 0 Å². The number of rotatable bonds is 3. The second-order valence-corrected chi connectivity index (χ2v) is 6.91. The Kier molecular flexibility index (Phi) is 4.43. The Morgan fingerprint density at radius 1 is 1.00 bits per heavy atom. The Labute approximate surface area is 162 Å². The number of halogens is 1. The summed E-state index contributed by atoms with van der Waals surface area (Å²) >= 11 is 0. The molecule has 0 atom stereocenters. The third-order valence-electron chi connectivity index (χ3n) is 4.67. The van der Waals surface area contributed by atoms with Crippen LogP contribution in [0.2, 0.25) is 0 Å². The summed E-state index contributed by atoms with van der Waals surface area (Å²) in [5.74, 6) is -0.578. The third-order valence-corrected chi connectivity index (χ3v) is 4.67. The monoisotopic (exact) mass is 374 g/mol. The Bertz CT molecular complexity index is 1210. The van der Waals surface area contributed by atoms with Crippen LogP contribution in [0.4, 0.5) is 10.1 Å². The van der Waals surface area contributed by atoms with Crippen LogP contribution < -0.4 is 5.32 Å². The lowest BCUT2D eigenvalue weighted by Gasteiger charge is -2.10. The van der Waals surface area contributed by atoms with Crippen molar-refractivity contribution < 1.29 is 13.6 Å². The van der Waals surface area contributed by atoms with Gasteiger partial charge in [-0.3, -0.25) is 4.79 Å². The first-order valence-corrected chi connectivity index (χ1v) is 8.97. The molecule has 0 aliphatic heterocycles. The van der Waals surface area contributed by atoms with E-state index in [2.05, 4.69) is 10.3 Å². The van der Waals surface area contributed by atoms with Crippen molar-refractivity contribution in [3.63, 3.8) is 0 Å². The molecule has 3 aromatic carbocycles. The van der Waals surface area contributed by atoms with Crippen molar-refractivity contribution in [1.82, 2.24) is 4.98 Å². The molecule has 0 fully saturated rings. The molecule has 1 N–H and O–H groups in total. The summed E-state index contributed by atoms with van der Waals surface area (Å²) in [4.78, 5) is 17.1. The van der Waals surface area contributed by atoms with Gasteiger partial charge in [0.05, 0.1) is 5.56 Å². The maximum atomic E-state index is 13.9. The molecule has 0 unspecified atom stereocenters. The lowest BCUT2D eigenvalue weighted by atomic mass is 10.1. The van der Waals surface area contributed by atoms with Crippen LogP contribution in [0, 0.1) is 26.6 Å². The Morgan fingerprint density at radius 2 is 1.79 bits per heavy atom. The molecule has 4 nitrogen and oxygen atoms in total. The summed E-state index contributed by atoms with van der Waals surface area (Å²) in [6.07, 6.45) is 0. The first-order chi connectivity index (χ1) is 13.4. The Morgan fingerprint density at radius 3 is 2.57 bits per heavy atom. The minimum Gasteiger partial charge on any atom is -0.436 e. The molecule has 1 aromatic heterocycles. The average Bonchev–Trinajstić information content (AvgIpc) is 3.08. The average molecular weight is 374 g/mol. The largest absolute Gasteiger partial charge is 0.436 e. The number of carbonyl (C=O) groups excluding carboxylic acids is 1. The molecule has 0 aliphatic rings. The zero-order valence-corrected chi connectivity index (χ0v) is 15.8. The second kappa shape index (κ2) is 6.93. The molecular weight excluding hydrogens is 355 g/mol.